The minimum Gasteiger partial charge on any atom is -0.503 e. The SMILES string of the molecule is CCCCn1cc(O)c(=O)cc1CN(Cc1ccccc1)C(C)C. The maximum absolute atomic E-state index is 11.9. The molecule has 0 fully saturated rings. The van der Waals surface area contributed by atoms with E-state index in [0.29, 0.717) is 12.6 Å². The van der Waals surface area contributed by atoms with Crippen LogP contribution in [0.15, 0.2) is 47.4 Å². The zero-order valence-corrected chi connectivity index (χ0v) is 14.9. The highest BCUT2D eigenvalue weighted by molar-refractivity contribution is 5.21. The van der Waals surface area contributed by atoms with E-state index in [1.54, 1.807) is 12.3 Å². The minimum absolute atomic E-state index is 0.172. The van der Waals surface area contributed by atoms with Crippen molar-refractivity contribution in [3.8, 4) is 5.75 Å². The van der Waals surface area contributed by atoms with Crippen molar-refractivity contribution in [1.82, 2.24) is 9.47 Å². The van der Waals surface area contributed by atoms with E-state index in [1.165, 1.54) is 5.56 Å². The second-order valence-corrected chi connectivity index (χ2v) is 6.55. The van der Waals surface area contributed by atoms with Gasteiger partial charge in [0.05, 0.1) is 6.20 Å². The smallest absolute Gasteiger partial charge is 0.223 e. The second kappa shape index (κ2) is 8.69. The lowest BCUT2D eigenvalue weighted by Gasteiger charge is -2.28. The number of aryl methyl sites for hydroxylation is 1. The zero-order chi connectivity index (χ0) is 17.5. The van der Waals surface area contributed by atoms with Gasteiger partial charge in [0.2, 0.25) is 5.43 Å². The Morgan fingerprint density at radius 2 is 1.88 bits per heavy atom. The monoisotopic (exact) mass is 328 g/mol. The number of unbranched alkanes of at least 4 members (excludes halogenated alkanes) is 1. The molecule has 0 aliphatic carbocycles. The molecule has 0 aliphatic rings. The van der Waals surface area contributed by atoms with E-state index < -0.39 is 0 Å². The molecule has 4 nitrogen and oxygen atoms in total. The largest absolute Gasteiger partial charge is 0.503 e. The van der Waals surface area contributed by atoms with Crippen molar-refractivity contribution in [2.75, 3.05) is 0 Å². The van der Waals surface area contributed by atoms with Crippen LogP contribution in [0.4, 0.5) is 0 Å². The Bertz CT molecular complexity index is 693. The molecule has 2 rings (SSSR count). The number of benzene rings is 1. The molecule has 130 valence electrons. The lowest BCUT2D eigenvalue weighted by molar-refractivity contribution is 0.197. The first-order valence-electron chi connectivity index (χ1n) is 8.71. The third-order valence-corrected chi connectivity index (χ3v) is 4.27. The van der Waals surface area contributed by atoms with Crippen LogP contribution >= 0.6 is 0 Å². The summed E-state index contributed by atoms with van der Waals surface area (Å²) in [5.74, 6) is -0.172. The Balaban J connectivity index is 2.24. The molecular weight excluding hydrogens is 300 g/mol. The number of aromatic nitrogens is 1. The molecule has 0 amide bonds. The van der Waals surface area contributed by atoms with Crippen LogP contribution in [0.3, 0.4) is 0 Å². The molecule has 0 atom stereocenters. The Kier molecular flexibility index (Phi) is 6.62. The molecule has 0 aliphatic heterocycles. The van der Waals surface area contributed by atoms with Crippen molar-refractivity contribution >= 4 is 0 Å². The predicted molar refractivity (Wildman–Crippen MR) is 98.1 cm³/mol. The molecule has 1 heterocycles. The van der Waals surface area contributed by atoms with Gasteiger partial charge >= 0.3 is 0 Å². The summed E-state index contributed by atoms with van der Waals surface area (Å²) in [5.41, 5.74) is 1.91. The predicted octanol–water partition coefficient (Wildman–Crippen LogP) is 3.76. The van der Waals surface area contributed by atoms with E-state index in [2.05, 4.69) is 37.8 Å². The topological polar surface area (TPSA) is 45.5 Å². The highest BCUT2D eigenvalue weighted by atomic mass is 16.3. The highest BCUT2D eigenvalue weighted by Crippen LogP contribution is 2.15. The van der Waals surface area contributed by atoms with Gasteiger partial charge in [0.1, 0.15) is 0 Å². The van der Waals surface area contributed by atoms with Crippen LogP contribution in [0.5, 0.6) is 5.75 Å². The van der Waals surface area contributed by atoms with E-state index in [0.717, 1.165) is 31.6 Å². The molecule has 1 N–H and O–H groups in total. The Labute approximate surface area is 144 Å². The van der Waals surface area contributed by atoms with Crippen LogP contribution in [-0.2, 0) is 19.6 Å². The Hall–Kier alpha value is -2.07. The molecule has 0 unspecified atom stereocenters. The fourth-order valence-electron chi connectivity index (χ4n) is 2.72. The van der Waals surface area contributed by atoms with Crippen molar-refractivity contribution in [2.45, 2.75) is 59.3 Å². The summed E-state index contributed by atoms with van der Waals surface area (Å²) in [6.45, 7) is 8.80. The van der Waals surface area contributed by atoms with Gasteiger partial charge in [-0.25, -0.2) is 0 Å². The second-order valence-electron chi connectivity index (χ2n) is 6.55. The summed E-state index contributed by atoms with van der Waals surface area (Å²) in [5, 5.41) is 9.76. The van der Waals surface area contributed by atoms with Crippen molar-refractivity contribution in [2.24, 2.45) is 0 Å². The first kappa shape index (κ1) is 18.3. The number of hydrogen-bond donors (Lipinski definition) is 1. The molecule has 0 spiro atoms. The van der Waals surface area contributed by atoms with Crippen molar-refractivity contribution < 1.29 is 5.11 Å². The zero-order valence-electron chi connectivity index (χ0n) is 14.9. The summed E-state index contributed by atoms with van der Waals surface area (Å²) >= 11 is 0. The fourth-order valence-corrected chi connectivity index (χ4v) is 2.72. The molecule has 0 bridgehead atoms. The molecule has 1 aromatic carbocycles. The molecule has 24 heavy (non-hydrogen) atoms. The number of rotatable bonds is 8. The van der Waals surface area contributed by atoms with Gasteiger partial charge in [-0.2, -0.15) is 0 Å². The van der Waals surface area contributed by atoms with Crippen molar-refractivity contribution in [3.05, 3.63) is 64.1 Å². The van der Waals surface area contributed by atoms with Gasteiger partial charge in [0, 0.05) is 37.4 Å². The fraction of sp³-hybridized carbons (Fsp3) is 0.450. The van der Waals surface area contributed by atoms with Gasteiger partial charge < -0.3 is 9.67 Å². The van der Waals surface area contributed by atoms with Crippen molar-refractivity contribution in [3.63, 3.8) is 0 Å². The first-order valence-corrected chi connectivity index (χ1v) is 8.71. The van der Waals surface area contributed by atoms with E-state index in [1.807, 2.05) is 22.8 Å². The third kappa shape index (κ3) is 4.96. The van der Waals surface area contributed by atoms with E-state index in [4.69, 9.17) is 0 Å². The summed E-state index contributed by atoms with van der Waals surface area (Å²) in [6, 6.07) is 12.3. The van der Waals surface area contributed by atoms with Gasteiger partial charge in [-0.1, -0.05) is 43.7 Å². The summed E-state index contributed by atoms with van der Waals surface area (Å²) in [7, 11) is 0. The Morgan fingerprint density at radius 1 is 1.17 bits per heavy atom. The lowest BCUT2D eigenvalue weighted by Crippen LogP contribution is -2.31. The van der Waals surface area contributed by atoms with Crippen LogP contribution in [0, 0.1) is 0 Å². The lowest BCUT2D eigenvalue weighted by atomic mass is 10.1. The molecule has 1 aromatic heterocycles. The van der Waals surface area contributed by atoms with Gasteiger partial charge in [-0.15, -0.1) is 0 Å². The van der Waals surface area contributed by atoms with E-state index in [-0.39, 0.29) is 11.2 Å². The molecule has 0 saturated heterocycles. The molecular formula is C20H28N2O2. The van der Waals surface area contributed by atoms with Gasteiger partial charge in [0.15, 0.2) is 5.75 Å². The van der Waals surface area contributed by atoms with Crippen LogP contribution in [0.2, 0.25) is 0 Å². The van der Waals surface area contributed by atoms with Crippen LogP contribution in [0.25, 0.3) is 0 Å². The number of aromatic hydroxyl groups is 1. The standard InChI is InChI=1S/C20H28N2O2/c1-4-5-11-21-15-20(24)19(23)12-18(21)14-22(16(2)3)13-17-9-7-6-8-10-17/h6-10,12,15-16,24H,4-5,11,13-14H2,1-3H3. The molecule has 0 saturated carbocycles. The van der Waals surface area contributed by atoms with E-state index >= 15 is 0 Å². The molecule has 4 heteroatoms. The quantitative estimate of drug-likeness (QED) is 0.802. The molecule has 2 aromatic rings. The summed E-state index contributed by atoms with van der Waals surface area (Å²) in [6.07, 6.45) is 3.67. The number of hydrogen-bond acceptors (Lipinski definition) is 3. The number of pyridine rings is 1. The summed E-state index contributed by atoms with van der Waals surface area (Å²) < 4.78 is 2.01. The number of nitrogens with zero attached hydrogens (tertiary/aromatic N) is 2. The maximum Gasteiger partial charge on any atom is 0.223 e. The highest BCUT2D eigenvalue weighted by Gasteiger charge is 2.14. The van der Waals surface area contributed by atoms with Gasteiger partial charge in [-0.05, 0) is 25.8 Å². The van der Waals surface area contributed by atoms with Crippen molar-refractivity contribution in [1.29, 1.82) is 0 Å². The van der Waals surface area contributed by atoms with Crippen LogP contribution in [-0.4, -0.2) is 20.6 Å². The minimum atomic E-state index is -0.304. The average molecular weight is 328 g/mol. The normalized spacial score (nSPS) is 11.4. The van der Waals surface area contributed by atoms with Crippen LogP contribution < -0.4 is 5.43 Å². The summed E-state index contributed by atoms with van der Waals surface area (Å²) in [4.78, 5) is 14.2. The Morgan fingerprint density at radius 3 is 2.50 bits per heavy atom. The van der Waals surface area contributed by atoms with Gasteiger partial charge in [0.25, 0.3) is 0 Å². The van der Waals surface area contributed by atoms with Gasteiger partial charge in [-0.3, -0.25) is 9.69 Å². The van der Waals surface area contributed by atoms with E-state index in [9.17, 15) is 9.90 Å². The average Bonchev–Trinajstić information content (AvgIpc) is 2.56. The first-order chi connectivity index (χ1) is 11.5. The van der Waals surface area contributed by atoms with Crippen LogP contribution in [0.1, 0.15) is 44.9 Å². The maximum atomic E-state index is 11.9. The molecule has 0 radical (unpaired) electrons. The third-order valence-electron chi connectivity index (χ3n) is 4.27.